The van der Waals surface area contributed by atoms with Gasteiger partial charge in [0.15, 0.2) is 0 Å². The molecule has 1 saturated heterocycles. The summed E-state index contributed by atoms with van der Waals surface area (Å²) >= 11 is 7.72. The van der Waals surface area contributed by atoms with Crippen molar-refractivity contribution in [3.05, 3.63) is 91.5 Å². The highest BCUT2D eigenvalue weighted by Gasteiger charge is 2.36. The fourth-order valence-electron chi connectivity index (χ4n) is 3.47. The van der Waals surface area contributed by atoms with Crippen LogP contribution >= 0.6 is 43.6 Å². The Morgan fingerprint density at radius 3 is 2.32 bits per heavy atom. The van der Waals surface area contributed by atoms with Crippen LogP contribution in [0.2, 0.25) is 0 Å². The van der Waals surface area contributed by atoms with Crippen LogP contribution in [0.4, 0.5) is 14.9 Å². The van der Waals surface area contributed by atoms with Gasteiger partial charge in [-0.15, -0.1) is 0 Å². The predicted molar refractivity (Wildman–Crippen MR) is 151 cm³/mol. The molecule has 0 spiro atoms. The number of carbonyl (C=O) groups is 3. The summed E-state index contributed by atoms with van der Waals surface area (Å²) in [5, 5.41) is 2.15. The molecule has 38 heavy (non-hydrogen) atoms. The molecule has 1 fully saturated rings. The first-order valence-corrected chi connectivity index (χ1v) is 13.8. The van der Waals surface area contributed by atoms with Crippen molar-refractivity contribution in [1.82, 2.24) is 4.90 Å². The van der Waals surface area contributed by atoms with Gasteiger partial charge in [0.05, 0.1) is 20.5 Å². The number of anilines is 1. The second-order valence-electron chi connectivity index (χ2n) is 8.00. The molecule has 1 heterocycles. The molecule has 0 atom stereocenters. The van der Waals surface area contributed by atoms with Gasteiger partial charge < -0.3 is 14.8 Å². The summed E-state index contributed by atoms with van der Waals surface area (Å²) in [6, 6.07) is 16.3. The topological polar surface area (TPSA) is 84.9 Å². The summed E-state index contributed by atoms with van der Waals surface area (Å²) in [6.07, 6.45) is 1.58. The molecule has 11 heteroatoms. The third-order valence-electron chi connectivity index (χ3n) is 5.24. The summed E-state index contributed by atoms with van der Waals surface area (Å²) in [6.45, 7) is 2.23. The van der Waals surface area contributed by atoms with Crippen LogP contribution in [0.25, 0.3) is 6.08 Å². The molecular weight excluding hydrogens is 643 g/mol. The van der Waals surface area contributed by atoms with Crippen molar-refractivity contribution in [2.45, 2.75) is 13.5 Å². The Morgan fingerprint density at radius 2 is 1.68 bits per heavy atom. The summed E-state index contributed by atoms with van der Waals surface area (Å²) in [5.74, 6) is -0.160. The fourth-order valence-corrected chi connectivity index (χ4v) is 5.76. The maximum Gasteiger partial charge on any atom is 0.294 e. The maximum absolute atomic E-state index is 13.1. The quantitative estimate of drug-likeness (QED) is 0.248. The molecule has 1 N–H and O–H groups in total. The van der Waals surface area contributed by atoms with Gasteiger partial charge in [0.1, 0.15) is 30.5 Å². The van der Waals surface area contributed by atoms with E-state index < -0.39 is 23.6 Å². The number of ether oxygens (including phenoxy) is 2. The van der Waals surface area contributed by atoms with E-state index >= 15 is 0 Å². The van der Waals surface area contributed by atoms with Crippen LogP contribution < -0.4 is 14.8 Å². The smallest absolute Gasteiger partial charge is 0.294 e. The Kier molecular flexibility index (Phi) is 9.24. The molecule has 0 aliphatic carbocycles. The number of hydrogen-bond acceptors (Lipinski definition) is 6. The van der Waals surface area contributed by atoms with Crippen molar-refractivity contribution >= 4 is 72.4 Å². The molecule has 0 unspecified atom stereocenters. The van der Waals surface area contributed by atoms with Crippen LogP contribution in [0.15, 0.2) is 74.5 Å². The molecule has 0 radical (unpaired) electrons. The van der Waals surface area contributed by atoms with Crippen molar-refractivity contribution in [2.75, 3.05) is 18.5 Å². The van der Waals surface area contributed by atoms with Gasteiger partial charge in [0.25, 0.3) is 11.1 Å². The van der Waals surface area contributed by atoms with E-state index in [1.165, 1.54) is 12.1 Å². The predicted octanol–water partition coefficient (Wildman–Crippen LogP) is 7.00. The van der Waals surface area contributed by atoms with E-state index in [0.29, 0.717) is 38.3 Å². The molecule has 0 aromatic heterocycles. The number of nitrogens with zero attached hydrogens (tertiary/aromatic N) is 1. The second-order valence-corrected chi connectivity index (χ2v) is 10.7. The molecule has 1 aliphatic heterocycles. The molecule has 4 rings (SSSR count). The highest BCUT2D eigenvalue weighted by molar-refractivity contribution is 9.11. The Bertz CT molecular complexity index is 1370. The van der Waals surface area contributed by atoms with Crippen LogP contribution in [0.5, 0.6) is 11.5 Å². The van der Waals surface area contributed by atoms with Crippen LogP contribution in [0.3, 0.4) is 0 Å². The van der Waals surface area contributed by atoms with Crippen molar-refractivity contribution < 1.29 is 28.2 Å². The minimum Gasteiger partial charge on any atom is -0.494 e. The molecule has 0 saturated carbocycles. The number of amides is 3. The third kappa shape index (κ3) is 7.03. The Labute approximate surface area is 239 Å². The molecule has 7 nitrogen and oxygen atoms in total. The zero-order valence-electron chi connectivity index (χ0n) is 20.0. The molecule has 1 aliphatic rings. The van der Waals surface area contributed by atoms with Crippen LogP contribution in [-0.2, 0) is 16.2 Å². The van der Waals surface area contributed by atoms with Gasteiger partial charge in [-0.2, -0.15) is 0 Å². The fraction of sp³-hybridized carbons (Fsp3) is 0.148. The van der Waals surface area contributed by atoms with E-state index in [1.54, 1.807) is 54.6 Å². The lowest BCUT2D eigenvalue weighted by molar-refractivity contribution is -0.127. The van der Waals surface area contributed by atoms with Crippen molar-refractivity contribution in [3.8, 4) is 11.5 Å². The number of hydrogen-bond donors (Lipinski definition) is 1. The van der Waals surface area contributed by atoms with Crippen LogP contribution in [0.1, 0.15) is 18.1 Å². The molecule has 3 amide bonds. The number of imide groups is 1. The number of nitrogens with one attached hydrogen (secondary N) is 1. The first kappa shape index (κ1) is 27.9. The normalized spacial score (nSPS) is 14.2. The number of benzene rings is 3. The van der Waals surface area contributed by atoms with Crippen molar-refractivity contribution in [1.29, 1.82) is 0 Å². The number of thioether (sulfide) groups is 1. The van der Waals surface area contributed by atoms with Gasteiger partial charge in [0.2, 0.25) is 5.91 Å². The molecule has 196 valence electrons. The minimum absolute atomic E-state index is 0.197. The summed E-state index contributed by atoms with van der Waals surface area (Å²) in [5.41, 5.74) is 1.97. The first-order valence-electron chi connectivity index (χ1n) is 11.4. The molecule has 3 aromatic rings. The number of halogens is 3. The third-order valence-corrected chi connectivity index (χ3v) is 7.32. The van der Waals surface area contributed by atoms with E-state index in [4.69, 9.17) is 9.47 Å². The van der Waals surface area contributed by atoms with Crippen LogP contribution in [0, 0.1) is 5.82 Å². The number of rotatable bonds is 9. The monoisotopic (exact) mass is 662 g/mol. The Balaban J connectivity index is 1.40. The van der Waals surface area contributed by atoms with E-state index in [2.05, 4.69) is 37.2 Å². The largest absolute Gasteiger partial charge is 0.494 e. The zero-order valence-corrected chi connectivity index (χ0v) is 24.0. The lowest BCUT2D eigenvalue weighted by atomic mass is 10.2. The van der Waals surface area contributed by atoms with Crippen molar-refractivity contribution in [2.24, 2.45) is 0 Å². The standard InChI is InChI=1S/C27H21Br2FN2O5S/c1-2-36-20-9-7-19(8-10-20)31-24(33)14-32-26(34)23(38-27(32)35)13-17-11-21(28)25(22(29)12-17)37-15-16-3-5-18(30)6-4-16/h3-13H,2,14-15H2,1H3,(H,31,33)/b23-13+. The summed E-state index contributed by atoms with van der Waals surface area (Å²) < 4.78 is 25.6. The zero-order chi connectivity index (χ0) is 27.2. The minimum atomic E-state index is -0.550. The van der Waals surface area contributed by atoms with E-state index in [-0.39, 0.29) is 17.3 Å². The van der Waals surface area contributed by atoms with Gasteiger partial charge in [-0.3, -0.25) is 19.3 Å². The molecule has 3 aromatic carbocycles. The van der Waals surface area contributed by atoms with Gasteiger partial charge >= 0.3 is 0 Å². The SMILES string of the molecule is CCOc1ccc(NC(=O)CN2C(=O)S/C(=C/c3cc(Br)c(OCc4ccc(F)cc4)c(Br)c3)C2=O)cc1. The van der Waals surface area contributed by atoms with Crippen molar-refractivity contribution in [3.63, 3.8) is 0 Å². The van der Waals surface area contributed by atoms with Gasteiger partial charge in [-0.25, -0.2) is 4.39 Å². The summed E-state index contributed by atoms with van der Waals surface area (Å²) in [7, 11) is 0. The summed E-state index contributed by atoms with van der Waals surface area (Å²) in [4.78, 5) is 39.0. The highest BCUT2D eigenvalue weighted by Crippen LogP contribution is 2.38. The van der Waals surface area contributed by atoms with Gasteiger partial charge in [-0.1, -0.05) is 12.1 Å². The lowest BCUT2D eigenvalue weighted by Crippen LogP contribution is -2.36. The Hall–Kier alpha value is -3.15. The maximum atomic E-state index is 13.1. The van der Waals surface area contributed by atoms with Crippen LogP contribution in [-0.4, -0.2) is 35.1 Å². The number of carbonyl (C=O) groups excluding carboxylic acids is 3. The van der Waals surface area contributed by atoms with E-state index in [1.807, 2.05) is 6.92 Å². The highest BCUT2D eigenvalue weighted by atomic mass is 79.9. The average molecular weight is 664 g/mol. The van der Waals surface area contributed by atoms with E-state index in [9.17, 15) is 18.8 Å². The lowest BCUT2D eigenvalue weighted by Gasteiger charge is -2.13. The van der Waals surface area contributed by atoms with Gasteiger partial charge in [0, 0.05) is 5.69 Å². The first-order chi connectivity index (χ1) is 18.2. The van der Waals surface area contributed by atoms with Gasteiger partial charge in [-0.05, 0) is 116 Å². The molecular formula is C27H21Br2FN2O5S. The molecule has 0 bridgehead atoms. The average Bonchev–Trinajstić information content (AvgIpc) is 3.13. The second kappa shape index (κ2) is 12.6. The Morgan fingerprint density at radius 1 is 1.03 bits per heavy atom. The van der Waals surface area contributed by atoms with E-state index in [0.717, 1.165) is 22.2 Å².